The summed E-state index contributed by atoms with van der Waals surface area (Å²) in [5.74, 6) is 0.0122. The minimum absolute atomic E-state index is 0. The number of piperidine rings is 1. The standard InChI is InChI=1S/C23H31N3O3.ClH/c1-3-29-23(28)17-8-13-25(14-9-17)22(27)11-15-26-20-7-5-4-6-18(20)19-16-24(2)12-10-21(19)26;/h4-7,17H,3,8-16H2,1-2H3;1H. The van der Waals surface area contributed by atoms with Crippen LogP contribution in [0.1, 0.15) is 37.4 Å². The van der Waals surface area contributed by atoms with Gasteiger partial charge in [0.1, 0.15) is 0 Å². The topological polar surface area (TPSA) is 54.8 Å². The van der Waals surface area contributed by atoms with Crippen molar-refractivity contribution in [3.8, 4) is 0 Å². The zero-order valence-electron chi connectivity index (χ0n) is 17.9. The summed E-state index contributed by atoms with van der Waals surface area (Å²) >= 11 is 0. The molecule has 0 aliphatic carbocycles. The van der Waals surface area contributed by atoms with Crippen molar-refractivity contribution in [2.24, 2.45) is 5.92 Å². The third-order valence-electron chi connectivity index (χ3n) is 6.37. The highest BCUT2D eigenvalue weighted by Crippen LogP contribution is 2.31. The summed E-state index contributed by atoms with van der Waals surface area (Å²) in [6.07, 6.45) is 2.95. The molecule has 2 aliphatic heterocycles. The molecule has 7 heteroatoms. The lowest BCUT2D eigenvalue weighted by Crippen LogP contribution is -2.41. The maximum atomic E-state index is 12.8. The van der Waals surface area contributed by atoms with Gasteiger partial charge in [-0.1, -0.05) is 18.2 Å². The third-order valence-corrected chi connectivity index (χ3v) is 6.37. The first-order chi connectivity index (χ1) is 14.1. The number of rotatable bonds is 5. The number of para-hydroxylation sites is 1. The summed E-state index contributed by atoms with van der Waals surface area (Å²) in [4.78, 5) is 29.0. The Hall–Kier alpha value is -2.05. The van der Waals surface area contributed by atoms with Crippen molar-refractivity contribution in [3.05, 3.63) is 35.5 Å². The van der Waals surface area contributed by atoms with Gasteiger partial charge in [-0.15, -0.1) is 12.4 Å². The Labute approximate surface area is 184 Å². The SMILES string of the molecule is CCOC(=O)C1CCN(C(=O)CCn2c3c(c4ccccc42)CN(C)CC3)CC1.Cl. The van der Waals surface area contributed by atoms with Gasteiger partial charge in [-0.3, -0.25) is 9.59 Å². The fourth-order valence-corrected chi connectivity index (χ4v) is 4.78. The predicted octanol–water partition coefficient (Wildman–Crippen LogP) is 3.24. The van der Waals surface area contributed by atoms with E-state index in [1.54, 1.807) is 0 Å². The van der Waals surface area contributed by atoms with Crippen molar-refractivity contribution in [3.63, 3.8) is 0 Å². The normalized spacial score (nSPS) is 17.5. The Morgan fingerprint density at radius 2 is 1.87 bits per heavy atom. The Bertz CT molecular complexity index is 902. The number of halogens is 1. The molecule has 164 valence electrons. The van der Waals surface area contributed by atoms with Gasteiger partial charge >= 0.3 is 5.97 Å². The van der Waals surface area contributed by atoms with Gasteiger partial charge in [-0.05, 0) is 38.4 Å². The summed E-state index contributed by atoms with van der Waals surface area (Å²) in [5, 5.41) is 1.32. The van der Waals surface area contributed by atoms with Crippen molar-refractivity contribution in [2.45, 2.75) is 45.7 Å². The highest BCUT2D eigenvalue weighted by atomic mass is 35.5. The zero-order valence-corrected chi connectivity index (χ0v) is 18.7. The molecule has 0 N–H and O–H groups in total. The molecule has 0 bridgehead atoms. The lowest BCUT2D eigenvalue weighted by Gasteiger charge is -2.31. The van der Waals surface area contributed by atoms with Crippen LogP contribution in [0.5, 0.6) is 0 Å². The van der Waals surface area contributed by atoms with Gasteiger partial charge in [0.25, 0.3) is 0 Å². The maximum Gasteiger partial charge on any atom is 0.309 e. The number of aryl methyl sites for hydroxylation is 1. The fraction of sp³-hybridized carbons (Fsp3) is 0.565. The Kier molecular flexibility index (Phi) is 7.42. The van der Waals surface area contributed by atoms with Crippen LogP contribution in [-0.4, -0.2) is 59.5 Å². The molecule has 2 aliphatic rings. The molecule has 1 saturated heterocycles. The van der Waals surface area contributed by atoms with E-state index in [-0.39, 0.29) is 30.2 Å². The number of hydrogen-bond donors (Lipinski definition) is 0. The molecular formula is C23H32ClN3O3. The fourth-order valence-electron chi connectivity index (χ4n) is 4.78. The van der Waals surface area contributed by atoms with Gasteiger partial charge in [0.2, 0.25) is 5.91 Å². The second-order valence-corrected chi connectivity index (χ2v) is 8.24. The molecule has 0 unspecified atom stereocenters. The van der Waals surface area contributed by atoms with Crippen LogP contribution in [0.3, 0.4) is 0 Å². The lowest BCUT2D eigenvalue weighted by molar-refractivity contribution is -0.151. The molecule has 1 fully saturated rings. The number of likely N-dealkylation sites (N-methyl/N-ethyl adjacent to an activating group) is 1. The van der Waals surface area contributed by atoms with Crippen molar-refractivity contribution < 1.29 is 14.3 Å². The molecule has 0 atom stereocenters. The Morgan fingerprint density at radius 3 is 2.60 bits per heavy atom. The molecular weight excluding hydrogens is 402 g/mol. The van der Waals surface area contributed by atoms with Crippen LogP contribution in [0, 0.1) is 5.92 Å². The molecule has 3 heterocycles. The van der Waals surface area contributed by atoms with Gasteiger partial charge in [0.05, 0.1) is 12.5 Å². The van der Waals surface area contributed by atoms with Crippen molar-refractivity contribution in [1.82, 2.24) is 14.4 Å². The summed E-state index contributed by atoms with van der Waals surface area (Å²) in [5.41, 5.74) is 4.04. The number of carbonyl (C=O) groups is 2. The summed E-state index contributed by atoms with van der Waals surface area (Å²) in [6, 6.07) is 8.55. The van der Waals surface area contributed by atoms with E-state index in [4.69, 9.17) is 4.74 Å². The number of nitrogens with zero attached hydrogens (tertiary/aromatic N) is 3. The average Bonchev–Trinajstić information content (AvgIpc) is 3.05. The first-order valence-electron chi connectivity index (χ1n) is 10.8. The van der Waals surface area contributed by atoms with Gasteiger partial charge in [0.15, 0.2) is 0 Å². The van der Waals surface area contributed by atoms with Crippen molar-refractivity contribution >= 4 is 35.2 Å². The molecule has 6 nitrogen and oxygen atoms in total. The second kappa shape index (κ2) is 9.84. The van der Waals surface area contributed by atoms with E-state index >= 15 is 0 Å². The summed E-state index contributed by atoms with van der Waals surface area (Å²) < 4.78 is 7.49. The van der Waals surface area contributed by atoms with Crippen LogP contribution in [0.4, 0.5) is 0 Å². The quantitative estimate of drug-likeness (QED) is 0.679. The first kappa shape index (κ1) is 22.6. The first-order valence-corrected chi connectivity index (χ1v) is 10.8. The number of amides is 1. The molecule has 0 saturated carbocycles. The van der Waals surface area contributed by atoms with Crippen LogP contribution in [0.25, 0.3) is 10.9 Å². The lowest BCUT2D eigenvalue weighted by atomic mass is 9.97. The third kappa shape index (κ3) is 4.49. The van der Waals surface area contributed by atoms with E-state index < -0.39 is 0 Å². The number of hydrogen-bond acceptors (Lipinski definition) is 4. The predicted molar refractivity (Wildman–Crippen MR) is 120 cm³/mol. The van der Waals surface area contributed by atoms with Crippen LogP contribution in [0.15, 0.2) is 24.3 Å². The van der Waals surface area contributed by atoms with Crippen LogP contribution in [0.2, 0.25) is 0 Å². The molecule has 2 aromatic rings. The van der Waals surface area contributed by atoms with E-state index in [0.717, 1.165) is 26.1 Å². The van der Waals surface area contributed by atoms with Crippen LogP contribution in [-0.2, 0) is 33.8 Å². The number of benzene rings is 1. The van der Waals surface area contributed by atoms with E-state index in [0.29, 0.717) is 39.0 Å². The Balaban J connectivity index is 0.00000256. The number of carbonyl (C=O) groups excluding carboxylic acids is 2. The molecule has 0 radical (unpaired) electrons. The minimum atomic E-state index is -0.116. The number of likely N-dealkylation sites (tertiary alicyclic amines) is 1. The monoisotopic (exact) mass is 433 g/mol. The van der Waals surface area contributed by atoms with Gasteiger partial charge < -0.3 is 19.1 Å². The van der Waals surface area contributed by atoms with Crippen LogP contribution >= 0.6 is 12.4 Å². The van der Waals surface area contributed by atoms with Gasteiger partial charge in [-0.2, -0.15) is 0 Å². The average molecular weight is 434 g/mol. The number of esters is 1. The Morgan fingerprint density at radius 1 is 1.13 bits per heavy atom. The largest absolute Gasteiger partial charge is 0.466 e. The second-order valence-electron chi connectivity index (χ2n) is 8.24. The number of fused-ring (bicyclic) bond motifs is 3. The van der Waals surface area contributed by atoms with Crippen molar-refractivity contribution in [2.75, 3.05) is 33.3 Å². The summed E-state index contributed by atoms with van der Waals surface area (Å²) in [7, 11) is 2.17. The van der Waals surface area contributed by atoms with E-state index in [1.807, 2.05) is 11.8 Å². The maximum absolute atomic E-state index is 12.8. The molecule has 1 amide bonds. The van der Waals surface area contributed by atoms with E-state index in [9.17, 15) is 9.59 Å². The van der Waals surface area contributed by atoms with Crippen LogP contribution < -0.4 is 0 Å². The van der Waals surface area contributed by atoms with Gasteiger partial charge in [0, 0.05) is 62.2 Å². The molecule has 1 aromatic heterocycles. The van der Waals surface area contributed by atoms with E-state index in [2.05, 4.69) is 40.8 Å². The number of aromatic nitrogens is 1. The molecule has 4 rings (SSSR count). The number of ether oxygens (including phenoxy) is 1. The molecule has 0 spiro atoms. The summed E-state index contributed by atoms with van der Waals surface area (Å²) in [6.45, 7) is 6.30. The van der Waals surface area contributed by atoms with Crippen molar-refractivity contribution in [1.29, 1.82) is 0 Å². The van der Waals surface area contributed by atoms with E-state index in [1.165, 1.54) is 22.2 Å². The molecule has 30 heavy (non-hydrogen) atoms. The molecule has 1 aromatic carbocycles. The highest BCUT2D eigenvalue weighted by Gasteiger charge is 2.28. The highest BCUT2D eigenvalue weighted by molar-refractivity contribution is 5.86. The minimum Gasteiger partial charge on any atom is -0.466 e. The van der Waals surface area contributed by atoms with Gasteiger partial charge in [-0.25, -0.2) is 0 Å². The zero-order chi connectivity index (χ0) is 20.4. The smallest absolute Gasteiger partial charge is 0.309 e.